The van der Waals surface area contributed by atoms with E-state index in [-0.39, 0.29) is 11.5 Å². The molecule has 1 aromatic rings. The van der Waals surface area contributed by atoms with Crippen molar-refractivity contribution in [2.45, 2.75) is 25.9 Å². The van der Waals surface area contributed by atoms with Crippen molar-refractivity contribution in [3.05, 3.63) is 33.7 Å². The van der Waals surface area contributed by atoms with E-state index in [9.17, 15) is 18.0 Å². The second kappa shape index (κ2) is 3.48. The van der Waals surface area contributed by atoms with E-state index in [0.29, 0.717) is 6.20 Å². The first-order valence-electron chi connectivity index (χ1n) is 4.12. The number of nitrogens with one attached hydrogen (secondary N) is 1. The molecule has 1 aromatic heterocycles. The van der Waals surface area contributed by atoms with Crippen molar-refractivity contribution in [3.63, 3.8) is 0 Å². The molecule has 5 heteroatoms. The van der Waals surface area contributed by atoms with Crippen LogP contribution in [0.5, 0.6) is 0 Å². The topological polar surface area (TPSA) is 32.9 Å². The number of pyridine rings is 1. The maximum absolute atomic E-state index is 12.2. The molecule has 0 atom stereocenters. The predicted molar refractivity (Wildman–Crippen MR) is 46.2 cm³/mol. The molecule has 1 heterocycles. The smallest absolute Gasteiger partial charge is 0.328 e. The average Bonchev–Trinajstić information content (AvgIpc) is 2.02. The maximum Gasteiger partial charge on any atom is 0.417 e. The number of halogens is 3. The second-order valence-electron chi connectivity index (χ2n) is 3.33. The Morgan fingerprint density at radius 1 is 1.36 bits per heavy atom. The van der Waals surface area contributed by atoms with E-state index in [2.05, 4.69) is 4.98 Å². The molecule has 0 saturated heterocycles. The van der Waals surface area contributed by atoms with Gasteiger partial charge in [0.1, 0.15) is 0 Å². The Balaban J connectivity index is 3.27. The molecular formula is C9H10F3NO. The SMILES string of the molecule is CC(C)c1cc(C(F)(F)F)c[nH]c1=O. The van der Waals surface area contributed by atoms with Gasteiger partial charge in [0, 0.05) is 11.8 Å². The molecule has 0 aromatic carbocycles. The number of rotatable bonds is 1. The highest BCUT2D eigenvalue weighted by molar-refractivity contribution is 5.22. The lowest BCUT2D eigenvalue weighted by Gasteiger charge is -2.09. The van der Waals surface area contributed by atoms with Gasteiger partial charge in [-0.1, -0.05) is 13.8 Å². The van der Waals surface area contributed by atoms with Crippen molar-refractivity contribution in [1.29, 1.82) is 0 Å². The third kappa shape index (κ3) is 2.16. The van der Waals surface area contributed by atoms with Gasteiger partial charge in [-0.3, -0.25) is 4.79 Å². The number of hydrogen-bond donors (Lipinski definition) is 1. The molecule has 14 heavy (non-hydrogen) atoms. The summed E-state index contributed by atoms with van der Waals surface area (Å²) in [6.07, 6.45) is -3.72. The van der Waals surface area contributed by atoms with E-state index in [1.54, 1.807) is 13.8 Å². The van der Waals surface area contributed by atoms with Gasteiger partial charge in [0.15, 0.2) is 0 Å². The number of alkyl halides is 3. The minimum absolute atomic E-state index is 0.153. The van der Waals surface area contributed by atoms with Crippen LogP contribution in [0.25, 0.3) is 0 Å². The van der Waals surface area contributed by atoms with Crippen LogP contribution in [0.15, 0.2) is 17.1 Å². The minimum Gasteiger partial charge on any atom is -0.328 e. The second-order valence-corrected chi connectivity index (χ2v) is 3.33. The van der Waals surface area contributed by atoms with Crippen LogP contribution < -0.4 is 5.56 Å². The zero-order chi connectivity index (χ0) is 10.9. The van der Waals surface area contributed by atoms with Crippen molar-refractivity contribution in [2.24, 2.45) is 0 Å². The first-order chi connectivity index (χ1) is 6.32. The average molecular weight is 205 g/mol. The summed E-state index contributed by atoms with van der Waals surface area (Å²) in [5.41, 5.74) is -1.13. The van der Waals surface area contributed by atoms with Gasteiger partial charge in [-0.05, 0) is 12.0 Å². The third-order valence-electron chi connectivity index (χ3n) is 1.88. The Kier molecular flexibility index (Phi) is 2.69. The molecule has 0 unspecified atom stereocenters. The van der Waals surface area contributed by atoms with Crippen LogP contribution in [0.3, 0.4) is 0 Å². The van der Waals surface area contributed by atoms with Crippen molar-refractivity contribution >= 4 is 0 Å². The summed E-state index contributed by atoms with van der Waals surface area (Å²) in [5.74, 6) is -0.221. The fourth-order valence-corrected chi connectivity index (χ4v) is 1.09. The molecule has 0 spiro atoms. The summed E-state index contributed by atoms with van der Waals surface area (Å²) in [7, 11) is 0. The maximum atomic E-state index is 12.2. The number of hydrogen-bond acceptors (Lipinski definition) is 1. The number of aromatic nitrogens is 1. The molecule has 1 rings (SSSR count). The van der Waals surface area contributed by atoms with Crippen LogP contribution in [0.1, 0.15) is 30.9 Å². The van der Waals surface area contributed by atoms with E-state index in [4.69, 9.17) is 0 Å². The van der Waals surface area contributed by atoms with Crippen LogP contribution in [-0.4, -0.2) is 4.98 Å². The fourth-order valence-electron chi connectivity index (χ4n) is 1.09. The standard InChI is InChI=1S/C9H10F3NO/c1-5(2)7-3-6(9(10,11)12)4-13-8(7)14/h3-5H,1-2H3,(H,13,14). The summed E-state index contributed by atoms with van der Waals surface area (Å²) in [5, 5.41) is 0. The predicted octanol–water partition coefficient (Wildman–Crippen LogP) is 2.52. The first-order valence-corrected chi connectivity index (χ1v) is 4.12. The van der Waals surface area contributed by atoms with E-state index >= 15 is 0 Å². The first kappa shape index (κ1) is 10.8. The molecule has 0 aliphatic carbocycles. The molecule has 0 saturated carbocycles. The van der Waals surface area contributed by atoms with E-state index < -0.39 is 17.3 Å². The summed E-state index contributed by atoms with van der Waals surface area (Å²) in [6.45, 7) is 3.34. The van der Waals surface area contributed by atoms with Crippen LogP contribution in [-0.2, 0) is 6.18 Å². The van der Waals surface area contributed by atoms with Gasteiger partial charge in [-0.15, -0.1) is 0 Å². The number of H-pyrrole nitrogens is 1. The van der Waals surface area contributed by atoms with Gasteiger partial charge < -0.3 is 4.98 Å². The van der Waals surface area contributed by atoms with Gasteiger partial charge in [-0.25, -0.2) is 0 Å². The fraction of sp³-hybridized carbons (Fsp3) is 0.444. The molecule has 0 fully saturated rings. The number of aromatic amines is 1. The van der Waals surface area contributed by atoms with E-state index in [1.165, 1.54) is 0 Å². The van der Waals surface area contributed by atoms with E-state index in [1.807, 2.05) is 0 Å². The molecule has 0 amide bonds. The van der Waals surface area contributed by atoms with Crippen molar-refractivity contribution in [2.75, 3.05) is 0 Å². The Morgan fingerprint density at radius 3 is 2.36 bits per heavy atom. The van der Waals surface area contributed by atoms with Gasteiger partial charge in [0.05, 0.1) is 5.56 Å². The monoisotopic (exact) mass is 205 g/mol. The zero-order valence-corrected chi connectivity index (χ0v) is 7.77. The molecular weight excluding hydrogens is 195 g/mol. The normalized spacial score (nSPS) is 12.1. The highest BCUT2D eigenvalue weighted by Crippen LogP contribution is 2.29. The molecule has 0 radical (unpaired) electrons. The van der Waals surface area contributed by atoms with Crippen LogP contribution in [0.2, 0.25) is 0 Å². The summed E-state index contributed by atoms with van der Waals surface area (Å²) in [4.78, 5) is 13.2. The van der Waals surface area contributed by atoms with Crippen LogP contribution >= 0.6 is 0 Å². The van der Waals surface area contributed by atoms with Gasteiger partial charge in [0.25, 0.3) is 5.56 Å². The van der Waals surface area contributed by atoms with Gasteiger partial charge in [0.2, 0.25) is 0 Å². The van der Waals surface area contributed by atoms with Crippen LogP contribution in [0.4, 0.5) is 13.2 Å². The third-order valence-corrected chi connectivity index (χ3v) is 1.88. The highest BCUT2D eigenvalue weighted by atomic mass is 19.4. The molecule has 0 bridgehead atoms. The Labute approximate surface area is 78.8 Å². The lowest BCUT2D eigenvalue weighted by molar-refractivity contribution is -0.137. The molecule has 2 nitrogen and oxygen atoms in total. The van der Waals surface area contributed by atoms with Gasteiger partial charge >= 0.3 is 6.18 Å². The Hall–Kier alpha value is -1.26. The summed E-state index contributed by atoms with van der Waals surface area (Å²) < 4.78 is 36.7. The summed E-state index contributed by atoms with van der Waals surface area (Å²) in [6, 6.07) is 0.892. The quantitative estimate of drug-likeness (QED) is 0.750. The lowest BCUT2D eigenvalue weighted by Crippen LogP contribution is -2.17. The van der Waals surface area contributed by atoms with Crippen LogP contribution in [0, 0.1) is 0 Å². The Morgan fingerprint density at radius 2 is 1.93 bits per heavy atom. The van der Waals surface area contributed by atoms with Crippen molar-refractivity contribution < 1.29 is 13.2 Å². The largest absolute Gasteiger partial charge is 0.417 e. The van der Waals surface area contributed by atoms with Gasteiger partial charge in [-0.2, -0.15) is 13.2 Å². The molecule has 0 aliphatic heterocycles. The lowest BCUT2D eigenvalue weighted by atomic mass is 10.0. The Bertz CT molecular complexity index is 378. The summed E-state index contributed by atoms with van der Waals surface area (Å²) >= 11 is 0. The van der Waals surface area contributed by atoms with Crippen molar-refractivity contribution in [3.8, 4) is 0 Å². The van der Waals surface area contributed by atoms with E-state index in [0.717, 1.165) is 6.07 Å². The molecule has 78 valence electrons. The minimum atomic E-state index is -4.41. The zero-order valence-electron chi connectivity index (χ0n) is 7.77. The molecule has 1 N–H and O–H groups in total. The molecule has 0 aliphatic rings. The van der Waals surface area contributed by atoms with Crippen molar-refractivity contribution in [1.82, 2.24) is 4.98 Å². The highest BCUT2D eigenvalue weighted by Gasteiger charge is 2.31.